The van der Waals surface area contributed by atoms with Crippen LogP contribution in [-0.2, 0) is 20.1 Å². The first kappa shape index (κ1) is 13.3. The minimum atomic E-state index is 0.926. The average Bonchev–Trinajstić information content (AvgIpc) is 2.64. The zero-order valence-corrected chi connectivity index (χ0v) is 12.6. The van der Waals surface area contributed by atoms with Gasteiger partial charge in [-0.2, -0.15) is 5.10 Å². The van der Waals surface area contributed by atoms with E-state index in [1.165, 1.54) is 16.8 Å². The highest BCUT2D eigenvalue weighted by Gasteiger charge is 2.07. The molecule has 1 heterocycles. The van der Waals surface area contributed by atoms with Crippen LogP contribution in [0.15, 0.2) is 34.9 Å². The van der Waals surface area contributed by atoms with Crippen molar-refractivity contribution in [3.05, 3.63) is 51.8 Å². The molecule has 1 aromatic heterocycles. The zero-order chi connectivity index (χ0) is 13.1. The van der Waals surface area contributed by atoms with Crippen LogP contribution in [0.25, 0.3) is 0 Å². The van der Waals surface area contributed by atoms with Gasteiger partial charge in [-0.05, 0) is 31.7 Å². The van der Waals surface area contributed by atoms with Crippen LogP contribution in [-0.4, -0.2) is 21.7 Å². The normalized spacial score (nSPS) is 11.2. The number of aryl methyl sites for hydroxylation is 1. The van der Waals surface area contributed by atoms with Crippen LogP contribution in [0.2, 0.25) is 0 Å². The van der Waals surface area contributed by atoms with E-state index in [0.717, 1.165) is 17.6 Å². The molecular formula is C14H18BrN3. The molecule has 18 heavy (non-hydrogen) atoms. The molecule has 0 spiro atoms. The van der Waals surface area contributed by atoms with E-state index in [9.17, 15) is 0 Å². The van der Waals surface area contributed by atoms with Gasteiger partial charge in [0.1, 0.15) is 0 Å². The summed E-state index contributed by atoms with van der Waals surface area (Å²) in [5.74, 6) is 0. The van der Waals surface area contributed by atoms with Crippen LogP contribution in [0.3, 0.4) is 0 Å². The number of hydrogen-bond donors (Lipinski definition) is 0. The number of aromatic nitrogens is 2. The average molecular weight is 308 g/mol. The number of nitrogens with zero attached hydrogens (tertiary/aromatic N) is 3. The maximum absolute atomic E-state index is 4.27. The number of hydrogen-bond acceptors (Lipinski definition) is 2. The first-order valence-corrected chi connectivity index (χ1v) is 6.76. The van der Waals surface area contributed by atoms with Crippen LogP contribution in [0.5, 0.6) is 0 Å². The molecule has 1 aromatic carbocycles. The lowest BCUT2D eigenvalue weighted by Crippen LogP contribution is -2.17. The molecule has 2 rings (SSSR count). The predicted molar refractivity (Wildman–Crippen MR) is 77.3 cm³/mol. The minimum absolute atomic E-state index is 0.926. The van der Waals surface area contributed by atoms with Gasteiger partial charge in [-0.1, -0.05) is 28.1 Å². The second-order valence-electron chi connectivity index (χ2n) is 4.68. The van der Waals surface area contributed by atoms with Gasteiger partial charge in [0.2, 0.25) is 0 Å². The highest BCUT2D eigenvalue weighted by Crippen LogP contribution is 2.14. The van der Waals surface area contributed by atoms with Gasteiger partial charge in [0.05, 0.1) is 6.20 Å². The Labute approximate surface area is 117 Å². The van der Waals surface area contributed by atoms with Crippen LogP contribution in [0.4, 0.5) is 0 Å². The van der Waals surface area contributed by atoms with Crippen molar-refractivity contribution in [1.82, 2.24) is 14.7 Å². The fraction of sp³-hybridized carbons (Fsp3) is 0.357. The Morgan fingerprint density at radius 3 is 2.44 bits per heavy atom. The molecule has 4 heteroatoms. The van der Waals surface area contributed by atoms with E-state index >= 15 is 0 Å². The summed E-state index contributed by atoms with van der Waals surface area (Å²) >= 11 is 3.45. The summed E-state index contributed by atoms with van der Waals surface area (Å²) in [4.78, 5) is 2.30. The summed E-state index contributed by atoms with van der Waals surface area (Å²) in [5.41, 5.74) is 3.84. The van der Waals surface area contributed by atoms with E-state index in [-0.39, 0.29) is 0 Å². The number of benzene rings is 1. The molecule has 0 fully saturated rings. The summed E-state index contributed by atoms with van der Waals surface area (Å²) in [6.07, 6.45) is 1.95. The first-order valence-electron chi connectivity index (χ1n) is 5.96. The molecule has 0 aliphatic heterocycles. The summed E-state index contributed by atoms with van der Waals surface area (Å²) in [5, 5.41) is 4.27. The zero-order valence-electron chi connectivity index (χ0n) is 11.0. The lowest BCUT2D eigenvalue weighted by molar-refractivity contribution is 0.318. The lowest BCUT2D eigenvalue weighted by atomic mass is 10.2. The predicted octanol–water partition coefficient (Wildman–Crippen LogP) is 3.12. The van der Waals surface area contributed by atoms with Crippen molar-refractivity contribution in [1.29, 1.82) is 0 Å². The van der Waals surface area contributed by atoms with Crippen molar-refractivity contribution < 1.29 is 0 Å². The maximum atomic E-state index is 4.27. The van der Waals surface area contributed by atoms with Crippen LogP contribution >= 0.6 is 15.9 Å². The third kappa shape index (κ3) is 3.21. The Balaban J connectivity index is 1.98. The Morgan fingerprint density at radius 1 is 1.22 bits per heavy atom. The Bertz CT molecular complexity index is 516. The molecule has 0 aliphatic rings. The van der Waals surface area contributed by atoms with Crippen molar-refractivity contribution in [3.8, 4) is 0 Å². The first-order chi connectivity index (χ1) is 8.56. The van der Waals surface area contributed by atoms with Crippen molar-refractivity contribution in [2.24, 2.45) is 7.05 Å². The summed E-state index contributed by atoms with van der Waals surface area (Å²) in [6, 6.07) is 8.46. The van der Waals surface area contributed by atoms with Crippen LogP contribution in [0, 0.1) is 6.92 Å². The molecule has 0 N–H and O–H groups in total. The standard InChI is InChI=1S/C14H18BrN3/c1-11-13(8-16-18(11)3)10-17(2)9-12-4-6-14(15)7-5-12/h4-8H,9-10H2,1-3H3. The molecular weight excluding hydrogens is 290 g/mol. The van der Waals surface area contributed by atoms with E-state index in [2.05, 4.69) is 64.2 Å². The molecule has 2 aromatic rings. The highest BCUT2D eigenvalue weighted by molar-refractivity contribution is 9.10. The highest BCUT2D eigenvalue weighted by atomic mass is 79.9. The van der Waals surface area contributed by atoms with E-state index in [1.807, 2.05) is 17.9 Å². The number of rotatable bonds is 4. The van der Waals surface area contributed by atoms with Gasteiger partial charge in [0.15, 0.2) is 0 Å². The topological polar surface area (TPSA) is 21.1 Å². The van der Waals surface area contributed by atoms with Gasteiger partial charge in [0.25, 0.3) is 0 Å². The van der Waals surface area contributed by atoms with Gasteiger partial charge in [-0.3, -0.25) is 9.58 Å². The van der Waals surface area contributed by atoms with Crippen LogP contribution < -0.4 is 0 Å². The van der Waals surface area contributed by atoms with E-state index < -0.39 is 0 Å². The van der Waals surface area contributed by atoms with Gasteiger partial charge in [-0.25, -0.2) is 0 Å². The van der Waals surface area contributed by atoms with Gasteiger partial charge >= 0.3 is 0 Å². The summed E-state index contributed by atoms with van der Waals surface area (Å²) in [7, 11) is 4.11. The molecule has 0 bridgehead atoms. The minimum Gasteiger partial charge on any atom is -0.298 e. The second-order valence-corrected chi connectivity index (χ2v) is 5.59. The second kappa shape index (κ2) is 5.67. The molecule has 0 amide bonds. The largest absolute Gasteiger partial charge is 0.298 e. The van der Waals surface area contributed by atoms with E-state index in [0.29, 0.717) is 0 Å². The molecule has 96 valence electrons. The van der Waals surface area contributed by atoms with Crippen molar-refractivity contribution in [3.63, 3.8) is 0 Å². The molecule has 0 saturated heterocycles. The summed E-state index contributed by atoms with van der Waals surface area (Å²) < 4.78 is 3.04. The Hall–Kier alpha value is -1.13. The molecule has 0 unspecified atom stereocenters. The Morgan fingerprint density at radius 2 is 1.89 bits per heavy atom. The molecule has 0 aliphatic carbocycles. The fourth-order valence-electron chi connectivity index (χ4n) is 1.95. The van der Waals surface area contributed by atoms with Crippen molar-refractivity contribution in [2.45, 2.75) is 20.0 Å². The van der Waals surface area contributed by atoms with Gasteiger partial charge < -0.3 is 0 Å². The third-order valence-electron chi connectivity index (χ3n) is 3.14. The van der Waals surface area contributed by atoms with Crippen molar-refractivity contribution >= 4 is 15.9 Å². The number of halogens is 1. The SMILES string of the molecule is Cc1c(CN(C)Cc2ccc(Br)cc2)cnn1C. The van der Waals surface area contributed by atoms with Crippen molar-refractivity contribution in [2.75, 3.05) is 7.05 Å². The third-order valence-corrected chi connectivity index (χ3v) is 3.67. The smallest absolute Gasteiger partial charge is 0.0537 e. The molecule has 0 saturated carbocycles. The summed E-state index contributed by atoms with van der Waals surface area (Å²) in [6.45, 7) is 3.98. The fourth-order valence-corrected chi connectivity index (χ4v) is 2.21. The monoisotopic (exact) mass is 307 g/mol. The van der Waals surface area contributed by atoms with Gasteiger partial charge in [-0.15, -0.1) is 0 Å². The molecule has 3 nitrogen and oxygen atoms in total. The Kier molecular flexibility index (Phi) is 4.19. The maximum Gasteiger partial charge on any atom is 0.0537 e. The molecule has 0 radical (unpaired) electrons. The van der Waals surface area contributed by atoms with E-state index in [4.69, 9.17) is 0 Å². The lowest BCUT2D eigenvalue weighted by Gasteiger charge is -2.16. The van der Waals surface area contributed by atoms with E-state index in [1.54, 1.807) is 0 Å². The van der Waals surface area contributed by atoms with Gasteiger partial charge in [0, 0.05) is 35.9 Å². The quantitative estimate of drug-likeness (QED) is 0.865. The molecule has 0 atom stereocenters. The van der Waals surface area contributed by atoms with Crippen LogP contribution in [0.1, 0.15) is 16.8 Å².